The van der Waals surface area contributed by atoms with Gasteiger partial charge in [-0.3, -0.25) is 0 Å². The van der Waals surface area contributed by atoms with Gasteiger partial charge in [-0.25, -0.2) is 13.2 Å². The SMILES string of the molecule is Fc1cccc(F)c1CC(F)C1CCNCC1. The molecule has 0 radical (unpaired) electrons. The maximum atomic E-state index is 14.0. The number of nitrogens with one attached hydrogen (secondary N) is 1. The summed E-state index contributed by atoms with van der Waals surface area (Å²) >= 11 is 0. The third-order valence-corrected chi connectivity index (χ3v) is 3.36. The van der Waals surface area contributed by atoms with Crippen LogP contribution in [0.3, 0.4) is 0 Å². The van der Waals surface area contributed by atoms with Crippen molar-refractivity contribution in [2.24, 2.45) is 5.92 Å². The van der Waals surface area contributed by atoms with E-state index < -0.39 is 17.8 Å². The van der Waals surface area contributed by atoms with Gasteiger partial charge in [-0.05, 0) is 44.0 Å². The molecule has 0 amide bonds. The van der Waals surface area contributed by atoms with Crippen molar-refractivity contribution >= 4 is 0 Å². The summed E-state index contributed by atoms with van der Waals surface area (Å²) in [5, 5.41) is 3.14. The molecule has 1 atom stereocenters. The zero-order valence-electron chi connectivity index (χ0n) is 9.56. The molecule has 1 N–H and O–H groups in total. The van der Waals surface area contributed by atoms with Crippen molar-refractivity contribution in [2.75, 3.05) is 13.1 Å². The lowest BCUT2D eigenvalue weighted by Gasteiger charge is -2.25. The average Bonchev–Trinajstić information content (AvgIpc) is 2.35. The zero-order valence-corrected chi connectivity index (χ0v) is 9.56. The van der Waals surface area contributed by atoms with Crippen molar-refractivity contribution < 1.29 is 13.2 Å². The van der Waals surface area contributed by atoms with E-state index in [2.05, 4.69) is 5.32 Å². The van der Waals surface area contributed by atoms with Crippen molar-refractivity contribution in [3.63, 3.8) is 0 Å². The second kappa shape index (κ2) is 5.54. The van der Waals surface area contributed by atoms with E-state index in [1.807, 2.05) is 0 Å². The van der Waals surface area contributed by atoms with E-state index in [1.165, 1.54) is 18.2 Å². The predicted octanol–water partition coefficient (Wildman–Crippen LogP) is 2.85. The Bertz CT molecular complexity index is 355. The van der Waals surface area contributed by atoms with E-state index in [-0.39, 0.29) is 17.9 Å². The molecule has 17 heavy (non-hydrogen) atoms. The van der Waals surface area contributed by atoms with Crippen molar-refractivity contribution in [2.45, 2.75) is 25.4 Å². The fraction of sp³-hybridized carbons (Fsp3) is 0.538. The molecule has 1 unspecified atom stereocenters. The van der Waals surface area contributed by atoms with Crippen LogP contribution in [-0.2, 0) is 6.42 Å². The largest absolute Gasteiger partial charge is 0.317 e. The minimum Gasteiger partial charge on any atom is -0.317 e. The van der Waals surface area contributed by atoms with Gasteiger partial charge in [0.25, 0.3) is 0 Å². The molecule has 4 heteroatoms. The molecule has 1 aromatic carbocycles. The number of alkyl halides is 1. The van der Waals surface area contributed by atoms with E-state index in [0.29, 0.717) is 0 Å². The minimum absolute atomic E-state index is 0.0877. The molecule has 94 valence electrons. The van der Waals surface area contributed by atoms with Gasteiger partial charge in [-0.15, -0.1) is 0 Å². The van der Waals surface area contributed by atoms with Crippen LogP contribution in [0.1, 0.15) is 18.4 Å². The second-order valence-electron chi connectivity index (χ2n) is 4.51. The Morgan fingerprint density at radius 1 is 1.18 bits per heavy atom. The first kappa shape index (κ1) is 12.4. The highest BCUT2D eigenvalue weighted by molar-refractivity contribution is 5.20. The molecule has 1 aliphatic rings. The first-order chi connectivity index (χ1) is 8.18. The molecular formula is C13H16F3N. The Morgan fingerprint density at radius 2 is 1.76 bits per heavy atom. The van der Waals surface area contributed by atoms with Gasteiger partial charge < -0.3 is 5.32 Å². The maximum absolute atomic E-state index is 14.0. The summed E-state index contributed by atoms with van der Waals surface area (Å²) in [6.45, 7) is 1.57. The molecule has 1 nitrogen and oxygen atoms in total. The van der Waals surface area contributed by atoms with Crippen LogP contribution >= 0.6 is 0 Å². The highest BCUT2D eigenvalue weighted by atomic mass is 19.1. The van der Waals surface area contributed by atoms with Crippen molar-refractivity contribution in [3.8, 4) is 0 Å². The van der Waals surface area contributed by atoms with E-state index in [0.717, 1.165) is 25.9 Å². The Labute approximate surface area is 99.0 Å². The fourth-order valence-corrected chi connectivity index (χ4v) is 2.29. The first-order valence-corrected chi connectivity index (χ1v) is 5.96. The summed E-state index contributed by atoms with van der Waals surface area (Å²) in [6.07, 6.45) is 0.140. The molecule has 0 aliphatic carbocycles. The van der Waals surface area contributed by atoms with Gasteiger partial charge in [-0.1, -0.05) is 6.07 Å². The van der Waals surface area contributed by atoms with Gasteiger partial charge in [0.2, 0.25) is 0 Å². The maximum Gasteiger partial charge on any atom is 0.129 e. The molecule has 0 bridgehead atoms. The van der Waals surface area contributed by atoms with Crippen LogP contribution in [0.15, 0.2) is 18.2 Å². The van der Waals surface area contributed by atoms with Gasteiger partial charge in [-0.2, -0.15) is 0 Å². The van der Waals surface area contributed by atoms with Crippen molar-refractivity contribution in [1.29, 1.82) is 0 Å². The predicted molar refractivity (Wildman–Crippen MR) is 60.6 cm³/mol. The molecule has 0 saturated carbocycles. The first-order valence-electron chi connectivity index (χ1n) is 5.96. The van der Waals surface area contributed by atoms with Gasteiger partial charge >= 0.3 is 0 Å². The molecule has 1 fully saturated rings. The number of rotatable bonds is 3. The summed E-state index contributed by atoms with van der Waals surface area (Å²) in [4.78, 5) is 0. The van der Waals surface area contributed by atoms with Crippen molar-refractivity contribution in [1.82, 2.24) is 5.32 Å². The summed E-state index contributed by atoms with van der Waals surface area (Å²) in [5.41, 5.74) is -0.126. The van der Waals surface area contributed by atoms with Crippen LogP contribution in [-0.4, -0.2) is 19.3 Å². The topological polar surface area (TPSA) is 12.0 Å². The highest BCUT2D eigenvalue weighted by Crippen LogP contribution is 2.24. The normalized spacial score (nSPS) is 19.2. The van der Waals surface area contributed by atoms with Gasteiger partial charge in [0.05, 0.1) is 0 Å². The number of piperidine rings is 1. The minimum atomic E-state index is -1.16. The number of hydrogen-bond donors (Lipinski definition) is 1. The average molecular weight is 243 g/mol. The lowest BCUT2D eigenvalue weighted by molar-refractivity contribution is 0.184. The van der Waals surface area contributed by atoms with Gasteiger partial charge in [0, 0.05) is 12.0 Å². The third-order valence-electron chi connectivity index (χ3n) is 3.36. The number of halogens is 3. The molecular weight excluding hydrogens is 227 g/mol. The van der Waals surface area contributed by atoms with Crippen molar-refractivity contribution in [3.05, 3.63) is 35.4 Å². The fourth-order valence-electron chi connectivity index (χ4n) is 2.29. The summed E-state index contributed by atoms with van der Waals surface area (Å²) < 4.78 is 40.7. The molecule has 0 spiro atoms. The standard InChI is InChI=1S/C13H16F3N/c14-11-2-1-3-12(15)10(11)8-13(16)9-4-6-17-7-5-9/h1-3,9,13,17H,4-8H2. The molecule has 0 aromatic heterocycles. The van der Waals surface area contributed by atoms with Crippen LogP contribution < -0.4 is 5.32 Å². The zero-order chi connectivity index (χ0) is 12.3. The molecule has 1 heterocycles. The van der Waals surface area contributed by atoms with Gasteiger partial charge in [0.15, 0.2) is 0 Å². The summed E-state index contributed by atoms with van der Waals surface area (Å²) in [5.74, 6) is -1.39. The lowest BCUT2D eigenvalue weighted by atomic mass is 9.89. The smallest absolute Gasteiger partial charge is 0.129 e. The molecule has 1 aromatic rings. The molecule has 2 rings (SSSR count). The second-order valence-corrected chi connectivity index (χ2v) is 4.51. The quantitative estimate of drug-likeness (QED) is 0.860. The molecule has 1 saturated heterocycles. The van der Waals surface area contributed by atoms with E-state index in [4.69, 9.17) is 0 Å². The van der Waals surface area contributed by atoms with Gasteiger partial charge in [0.1, 0.15) is 17.8 Å². The molecule has 1 aliphatic heterocycles. The summed E-state index contributed by atoms with van der Waals surface area (Å²) in [7, 11) is 0. The van der Waals surface area contributed by atoms with E-state index >= 15 is 0 Å². The van der Waals surface area contributed by atoms with Crippen LogP contribution in [0.25, 0.3) is 0 Å². The Balaban J connectivity index is 2.04. The highest BCUT2D eigenvalue weighted by Gasteiger charge is 2.25. The van der Waals surface area contributed by atoms with Crippen LogP contribution in [0, 0.1) is 17.6 Å². The lowest BCUT2D eigenvalue weighted by Crippen LogP contribution is -2.33. The summed E-state index contributed by atoms with van der Waals surface area (Å²) in [6, 6.07) is 3.65. The Kier molecular flexibility index (Phi) is 4.05. The Morgan fingerprint density at radius 3 is 2.35 bits per heavy atom. The number of benzene rings is 1. The Hall–Kier alpha value is -1.03. The number of hydrogen-bond acceptors (Lipinski definition) is 1. The third kappa shape index (κ3) is 3.00. The van der Waals surface area contributed by atoms with Crippen LogP contribution in [0.5, 0.6) is 0 Å². The van der Waals surface area contributed by atoms with Crippen LogP contribution in [0.4, 0.5) is 13.2 Å². The monoisotopic (exact) mass is 243 g/mol. The van der Waals surface area contributed by atoms with E-state index in [1.54, 1.807) is 0 Å². The van der Waals surface area contributed by atoms with E-state index in [9.17, 15) is 13.2 Å². The van der Waals surface area contributed by atoms with Crippen LogP contribution in [0.2, 0.25) is 0 Å².